The van der Waals surface area contributed by atoms with Gasteiger partial charge in [0.05, 0.1) is 23.3 Å². The van der Waals surface area contributed by atoms with Gasteiger partial charge in [0.15, 0.2) is 10.1 Å². The van der Waals surface area contributed by atoms with Gasteiger partial charge >= 0.3 is 0 Å². The number of aromatic nitrogens is 2. The molecule has 2 aromatic carbocycles. The second-order valence-electron chi connectivity index (χ2n) is 9.29. The van der Waals surface area contributed by atoms with Crippen LogP contribution in [-0.4, -0.2) is 27.6 Å². The molecule has 3 N–H and O–H groups in total. The van der Waals surface area contributed by atoms with Crippen LogP contribution in [0.2, 0.25) is 0 Å². The number of rotatable bonds is 6. The Bertz CT molecular complexity index is 1530. The van der Waals surface area contributed by atoms with Crippen molar-refractivity contribution < 1.29 is 9.59 Å². The van der Waals surface area contributed by atoms with Gasteiger partial charge in [0, 0.05) is 23.4 Å². The van der Waals surface area contributed by atoms with Crippen LogP contribution in [0.25, 0.3) is 0 Å². The van der Waals surface area contributed by atoms with E-state index < -0.39 is 5.92 Å². The lowest BCUT2D eigenvalue weighted by molar-refractivity contribution is -0.116. The number of hydrogen-bond donors (Lipinski definition) is 2. The Hall–Kier alpha value is -3.94. The normalized spacial score (nSPS) is 17.3. The van der Waals surface area contributed by atoms with Gasteiger partial charge in [0.2, 0.25) is 11.0 Å². The highest BCUT2D eigenvalue weighted by atomic mass is 32.2. The first kappa shape index (κ1) is 25.7. The number of hydrogen-bond acceptors (Lipinski definition) is 9. The molecule has 5 rings (SSSR count). The maximum absolute atomic E-state index is 13.3. The molecule has 0 saturated carbocycles. The number of Topliss-reactive ketones (excluding diaryl/α,β-unsaturated/α-hetero) is 1. The predicted octanol–water partition coefficient (Wildman–Crippen LogP) is 5.19. The Balaban J connectivity index is 1.42. The highest BCUT2D eigenvalue weighted by Gasteiger charge is 2.41. The lowest BCUT2D eigenvalue weighted by atomic mass is 9.75. The second-order valence-corrected chi connectivity index (χ2v) is 11.5. The largest absolute Gasteiger partial charge is 0.384 e. The minimum atomic E-state index is -0.508. The fourth-order valence-electron chi connectivity index (χ4n) is 4.89. The number of benzene rings is 2. The van der Waals surface area contributed by atoms with Crippen LogP contribution >= 0.6 is 23.1 Å². The molecule has 1 aromatic heterocycles. The number of nitrogens with zero attached hydrogens (tertiary/aromatic N) is 4. The van der Waals surface area contributed by atoms with E-state index in [4.69, 9.17) is 5.73 Å². The van der Waals surface area contributed by atoms with Crippen LogP contribution in [0.1, 0.15) is 41.9 Å². The van der Waals surface area contributed by atoms with Gasteiger partial charge in [0.25, 0.3) is 0 Å². The van der Waals surface area contributed by atoms with Crippen molar-refractivity contribution in [1.29, 1.82) is 5.26 Å². The molecule has 1 atom stereocenters. The molecule has 2 aliphatic rings. The Labute approximate surface area is 229 Å². The molecule has 10 heteroatoms. The molecular formula is C28H26N6O2S2. The number of nitrogens with two attached hydrogens (primary N) is 1. The molecule has 0 saturated heterocycles. The van der Waals surface area contributed by atoms with Crippen molar-refractivity contribution >= 4 is 45.6 Å². The minimum absolute atomic E-state index is 0.0231. The number of ketones is 1. The van der Waals surface area contributed by atoms with Gasteiger partial charge < -0.3 is 11.1 Å². The van der Waals surface area contributed by atoms with E-state index in [0.29, 0.717) is 39.9 Å². The van der Waals surface area contributed by atoms with E-state index in [9.17, 15) is 14.9 Å². The van der Waals surface area contributed by atoms with Crippen molar-refractivity contribution in [2.45, 2.75) is 43.4 Å². The smallest absolute Gasteiger partial charge is 0.234 e. The number of allylic oxidation sites excluding steroid dienone is 3. The van der Waals surface area contributed by atoms with Gasteiger partial charge in [-0.05, 0) is 49.9 Å². The van der Waals surface area contributed by atoms with Crippen LogP contribution in [0.4, 0.5) is 10.8 Å². The molecule has 8 nitrogen and oxygen atoms in total. The summed E-state index contributed by atoms with van der Waals surface area (Å²) >= 11 is 2.56. The Morgan fingerprint density at radius 2 is 1.95 bits per heavy atom. The summed E-state index contributed by atoms with van der Waals surface area (Å²) in [7, 11) is 0. The molecule has 38 heavy (non-hydrogen) atoms. The first-order valence-corrected chi connectivity index (χ1v) is 14.0. The van der Waals surface area contributed by atoms with Gasteiger partial charge in [-0.25, -0.2) is 0 Å². The summed E-state index contributed by atoms with van der Waals surface area (Å²) in [6, 6.07) is 17.7. The molecule has 192 valence electrons. The van der Waals surface area contributed by atoms with Crippen molar-refractivity contribution in [2.24, 2.45) is 5.73 Å². The van der Waals surface area contributed by atoms with E-state index in [1.807, 2.05) is 62.4 Å². The zero-order chi connectivity index (χ0) is 26.8. The number of aryl methyl sites for hydroxylation is 2. The Kier molecular flexibility index (Phi) is 7.31. The summed E-state index contributed by atoms with van der Waals surface area (Å²) in [6.07, 6.45) is 1.77. The Morgan fingerprint density at radius 3 is 2.68 bits per heavy atom. The monoisotopic (exact) mass is 542 g/mol. The van der Waals surface area contributed by atoms with Crippen molar-refractivity contribution in [3.63, 3.8) is 0 Å². The summed E-state index contributed by atoms with van der Waals surface area (Å²) in [5.41, 5.74) is 12.0. The number of carbonyl (C=O) groups excluding carboxylic acids is 2. The number of carbonyl (C=O) groups is 2. The first-order valence-electron chi connectivity index (χ1n) is 12.2. The fraction of sp³-hybridized carbons (Fsp3) is 0.250. The number of anilines is 2. The van der Waals surface area contributed by atoms with E-state index in [2.05, 4.69) is 21.6 Å². The zero-order valence-corrected chi connectivity index (χ0v) is 22.7. The van der Waals surface area contributed by atoms with E-state index in [1.165, 1.54) is 23.1 Å². The topological polar surface area (TPSA) is 125 Å². The average Bonchev–Trinajstić information content (AvgIpc) is 3.35. The third kappa shape index (κ3) is 5.08. The summed E-state index contributed by atoms with van der Waals surface area (Å²) in [4.78, 5) is 27.4. The summed E-state index contributed by atoms with van der Waals surface area (Å²) in [5.74, 6) is -0.206. The molecular weight excluding hydrogens is 516 g/mol. The molecule has 0 bridgehead atoms. The van der Waals surface area contributed by atoms with Crippen molar-refractivity contribution in [2.75, 3.05) is 16.0 Å². The third-order valence-electron chi connectivity index (χ3n) is 6.50. The molecule has 0 fully saturated rings. The van der Waals surface area contributed by atoms with Gasteiger partial charge in [-0.3, -0.25) is 14.5 Å². The van der Waals surface area contributed by atoms with Crippen LogP contribution in [0, 0.1) is 25.2 Å². The van der Waals surface area contributed by atoms with Crippen molar-refractivity contribution in [3.8, 4) is 6.07 Å². The highest BCUT2D eigenvalue weighted by molar-refractivity contribution is 8.01. The summed E-state index contributed by atoms with van der Waals surface area (Å²) in [6.45, 7) is 3.95. The van der Waals surface area contributed by atoms with Crippen LogP contribution in [0.3, 0.4) is 0 Å². The maximum atomic E-state index is 13.3. The number of thioether (sulfide) groups is 1. The van der Waals surface area contributed by atoms with Crippen LogP contribution < -0.4 is 16.0 Å². The molecule has 1 amide bonds. The van der Waals surface area contributed by atoms with E-state index >= 15 is 0 Å². The van der Waals surface area contributed by atoms with Crippen LogP contribution in [0.5, 0.6) is 0 Å². The van der Waals surface area contributed by atoms with Gasteiger partial charge in [-0.1, -0.05) is 65.1 Å². The van der Waals surface area contributed by atoms with Gasteiger partial charge in [0.1, 0.15) is 5.82 Å². The Morgan fingerprint density at radius 1 is 1.18 bits per heavy atom. The van der Waals surface area contributed by atoms with Crippen molar-refractivity contribution in [1.82, 2.24) is 10.2 Å². The van der Waals surface area contributed by atoms with E-state index in [0.717, 1.165) is 28.1 Å². The average molecular weight is 543 g/mol. The first-order chi connectivity index (χ1) is 18.4. The molecule has 1 unspecified atom stereocenters. The molecule has 3 aromatic rings. The highest BCUT2D eigenvalue weighted by Crippen LogP contribution is 2.47. The maximum Gasteiger partial charge on any atom is 0.234 e. The summed E-state index contributed by atoms with van der Waals surface area (Å²) in [5, 5.41) is 22.1. The molecule has 0 spiro atoms. The quantitative estimate of drug-likeness (QED) is 0.408. The van der Waals surface area contributed by atoms with Crippen LogP contribution in [-0.2, 0) is 9.59 Å². The predicted molar refractivity (Wildman–Crippen MR) is 150 cm³/mol. The summed E-state index contributed by atoms with van der Waals surface area (Å²) < 4.78 is 0.593. The zero-order valence-electron chi connectivity index (χ0n) is 21.0. The number of nitriles is 1. The van der Waals surface area contributed by atoms with Gasteiger partial charge in [-0.15, -0.1) is 10.2 Å². The second kappa shape index (κ2) is 10.8. The SMILES string of the molecule is Cc1cccc(NC(=O)CSc2nnc(N3C(N)=C(C#N)C(c4cccc(C)c4)C4=C3CCCC4=O)s2)c1. The lowest BCUT2D eigenvalue weighted by Crippen LogP contribution is -2.38. The fourth-order valence-corrected chi connectivity index (χ4v) is 6.57. The third-order valence-corrected chi connectivity index (χ3v) is 8.55. The lowest BCUT2D eigenvalue weighted by Gasteiger charge is -2.38. The van der Waals surface area contributed by atoms with Gasteiger partial charge in [-0.2, -0.15) is 5.26 Å². The van der Waals surface area contributed by atoms with E-state index in [1.54, 1.807) is 4.90 Å². The molecule has 2 heterocycles. The number of amides is 1. The van der Waals surface area contributed by atoms with Crippen LogP contribution in [0.15, 0.2) is 75.5 Å². The minimum Gasteiger partial charge on any atom is -0.384 e. The molecule has 1 aliphatic heterocycles. The number of nitrogens with one attached hydrogen (secondary N) is 1. The standard InChI is InChI=1S/C28H26N6O2S2/c1-16-6-3-8-18(12-16)24-20(14-29)26(30)34(21-10-5-11-22(35)25(21)24)27-32-33-28(38-27)37-15-23(36)31-19-9-4-7-17(2)13-19/h3-4,6-9,12-13,24H,5,10-11,15,30H2,1-2H3,(H,31,36). The molecule has 1 aliphatic carbocycles. The van der Waals surface area contributed by atoms with Crippen molar-refractivity contribution in [3.05, 3.63) is 87.9 Å². The molecule has 0 radical (unpaired) electrons. The van der Waals surface area contributed by atoms with E-state index in [-0.39, 0.29) is 23.3 Å².